The molecule has 0 aliphatic carbocycles. The highest BCUT2D eigenvalue weighted by Gasteiger charge is 2.40. The van der Waals surface area contributed by atoms with Crippen molar-refractivity contribution >= 4 is 11.9 Å². The predicted molar refractivity (Wildman–Crippen MR) is 70.9 cm³/mol. The van der Waals surface area contributed by atoms with Gasteiger partial charge in [0.1, 0.15) is 6.61 Å². The Morgan fingerprint density at radius 2 is 1.95 bits per heavy atom. The van der Waals surface area contributed by atoms with Gasteiger partial charge in [-0.15, -0.1) is 0 Å². The highest BCUT2D eigenvalue weighted by atomic mass is 16.5. The van der Waals surface area contributed by atoms with Crippen molar-refractivity contribution < 1.29 is 19.4 Å². The van der Waals surface area contributed by atoms with E-state index in [0.29, 0.717) is 19.6 Å². The third kappa shape index (κ3) is 5.16. The van der Waals surface area contributed by atoms with Crippen LogP contribution in [0.4, 0.5) is 0 Å². The van der Waals surface area contributed by atoms with Crippen LogP contribution in [-0.2, 0) is 14.3 Å². The van der Waals surface area contributed by atoms with Crippen LogP contribution in [0.5, 0.6) is 0 Å². The van der Waals surface area contributed by atoms with Gasteiger partial charge in [-0.25, -0.2) is 4.79 Å². The lowest BCUT2D eigenvalue weighted by Gasteiger charge is -2.47. The van der Waals surface area contributed by atoms with Gasteiger partial charge < -0.3 is 15.2 Å². The van der Waals surface area contributed by atoms with Gasteiger partial charge in [0, 0.05) is 19.1 Å². The standard InChI is InChI=1S/C13H24N2O4/c1-4-10(5-2)14-11(16)6-15-8-13(3,9-15)19-7-12(17)18/h10H,4-9H2,1-3H3,(H,14,16)(H,17,18). The van der Waals surface area contributed by atoms with E-state index in [4.69, 9.17) is 9.84 Å². The molecule has 0 spiro atoms. The third-order valence-corrected chi connectivity index (χ3v) is 3.38. The van der Waals surface area contributed by atoms with Gasteiger partial charge in [0.25, 0.3) is 0 Å². The second-order valence-corrected chi connectivity index (χ2v) is 5.36. The van der Waals surface area contributed by atoms with Crippen LogP contribution < -0.4 is 5.32 Å². The van der Waals surface area contributed by atoms with Gasteiger partial charge in [-0.05, 0) is 19.8 Å². The molecule has 1 aliphatic heterocycles. The fraction of sp³-hybridized carbons (Fsp3) is 0.846. The van der Waals surface area contributed by atoms with Crippen molar-refractivity contribution in [3.05, 3.63) is 0 Å². The first-order chi connectivity index (χ1) is 8.88. The van der Waals surface area contributed by atoms with Crippen LogP contribution in [0.2, 0.25) is 0 Å². The monoisotopic (exact) mass is 272 g/mol. The maximum Gasteiger partial charge on any atom is 0.329 e. The highest BCUT2D eigenvalue weighted by Crippen LogP contribution is 2.23. The number of hydrogen-bond donors (Lipinski definition) is 2. The van der Waals surface area contributed by atoms with Crippen molar-refractivity contribution in [1.29, 1.82) is 0 Å². The molecule has 6 nitrogen and oxygen atoms in total. The molecule has 0 aromatic carbocycles. The van der Waals surface area contributed by atoms with Gasteiger partial charge in [-0.3, -0.25) is 9.69 Å². The molecule has 2 N–H and O–H groups in total. The van der Waals surface area contributed by atoms with Crippen molar-refractivity contribution in [3.8, 4) is 0 Å². The topological polar surface area (TPSA) is 78.9 Å². The predicted octanol–water partition coefficient (Wildman–Crippen LogP) is 0.467. The molecule has 0 aromatic heterocycles. The molecule has 1 heterocycles. The number of hydrogen-bond acceptors (Lipinski definition) is 4. The lowest BCUT2D eigenvalue weighted by atomic mass is 9.96. The lowest BCUT2D eigenvalue weighted by Crippen LogP contribution is -2.63. The highest BCUT2D eigenvalue weighted by molar-refractivity contribution is 5.78. The number of nitrogens with one attached hydrogen (secondary N) is 1. The van der Waals surface area contributed by atoms with Gasteiger partial charge in [0.15, 0.2) is 0 Å². The summed E-state index contributed by atoms with van der Waals surface area (Å²) >= 11 is 0. The molecule has 0 unspecified atom stereocenters. The van der Waals surface area contributed by atoms with Crippen LogP contribution in [0, 0.1) is 0 Å². The van der Waals surface area contributed by atoms with Crippen LogP contribution >= 0.6 is 0 Å². The second kappa shape index (κ2) is 6.86. The fourth-order valence-corrected chi connectivity index (χ4v) is 2.31. The number of carboxylic acids is 1. The van der Waals surface area contributed by atoms with E-state index in [1.54, 1.807) is 0 Å². The normalized spacial score (nSPS) is 18.1. The van der Waals surface area contributed by atoms with E-state index < -0.39 is 11.6 Å². The average Bonchev–Trinajstić information content (AvgIpc) is 2.31. The van der Waals surface area contributed by atoms with E-state index in [1.165, 1.54) is 0 Å². The molecule has 110 valence electrons. The van der Waals surface area contributed by atoms with Crippen LogP contribution in [0.15, 0.2) is 0 Å². The first-order valence-electron chi connectivity index (χ1n) is 6.76. The Bertz CT molecular complexity index is 323. The lowest BCUT2D eigenvalue weighted by molar-refractivity contribution is -0.166. The van der Waals surface area contributed by atoms with Crippen molar-refractivity contribution in [1.82, 2.24) is 10.2 Å². The smallest absolute Gasteiger partial charge is 0.329 e. The van der Waals surface area contributed by atoms with E-state index in [9.17, 15) is 9.59 Å². The summed E-state index contributed by atoms with van der Waals surface area (Å²) < 4.78 is 5.29. The zero-order valence-electron chi connectivity index (χ0n) is 11.9. The molecule has 1 aliphatic rings. The SMILES string of the molecule is CCC(CC)NC(=O)CN1CC(C)(OCC(=O)O)C1. The van der Waals surface area contributed by atoms with Gasteiger partial charge >= 0.3 is 5.97 Å². The third-order valence-electron chi connectivity index (χ3n) is 3.38. The summed E-state index contributed by atoms with van der Waals surface area (Å²) in [5.74, 6) is -0.944. The van der Waals surface area contributed by atoms with Crippen LogP contribution in [0.25, 0.3) is 0 Å². The minimum Gasteiger partial charge on any atom is -0.480 e. The summed E-state index contributed by atoms with van der Waals surface area (Å²) in [6.07, 6.45) is 1.86. The molecular weight excluding hydrogens is 248 g/mol. The van der Waals surface area contributed by atoms with E-state index in [2.05, 4.69) is 19.2 Å². The van der Waals surface area contributed by atoms with Gasteiger partial charge in [-0.1, -0.05) is 13.8 Å². The number of rotatable bonds is 8. The minimum atomic E-state index is -0.967. The molecule has 6 heteroatoms. The number of aliphatic carboxylic acids is 1. The summed E-state index contributed by atoms with van der Waals surface area (Å²) in [4.78, 5) is 24.2. The average molecular weight is 272 g/mol. The molecular formula is C13H24N2O4. The molecule has 0 bridgehead atoms. The van der Waals surface area contributed by atoms with Crippen molar-refractivity contribution in [2.24, 2.45) is 0 Å². The molecule has 1 fully saturated rings. The molecule has 0 radical (unpaired) electrons. The number of amides is 1. The summed E-state index contributed by atoms with van der Waals surface area (Å²) in [5, 5.41) is 11.5. The van der Waals surface area contributed by atoms with Crippen molar-refractivity contribution in [3.63, 3.8) is 0 Å². The number of likely N-dealkylation sites (tertiary alicyclic amines) is 1. The molecule has 0 atom stereocenters. The number of carbonyl (C=O) groups is 2. The van der Waals surface area contributed by atoms with Crippen molar-refractivity contribution in [2.75, 3.05) is 26.2 Å². The zero-order chi connectivity index (χ0) is 14.5. The maximum atomic E-state index is 11.8. The van der Waals surface area contributed by atoms with Crippen LogP contribution in [0.3, 0.4) is 0 Å². The van der Waals surface area contributed by atoms with Gasteiger partial charge in [0.2, 0.25) is 5.91 Å². The summed E-state index contributed by atoms with van der Waals surface area (Å²) in [5.41, 5.74) is -0.437. The van der Waals surface area contributed by atoms with E-state index in [-0.39, 0.29) is 18.6 Å². The Labute approximate surface area is 114 Å². The quantitative estimate of drug-likeness (QED) is 0.671. The zero-order valence-corrected chi connectivity index (χ0v) is 11.9. The summed E-state index contributed by atoms with van der Waals surface area (Å²) in [6, 6.07) is 0.239. The number of carboxylic acid groups (broad SMARTS) is 1. The van der Waals surface area contributed by atoms with Gasteiger partial charge in [-0.2, -0.15) is 0 Å². The minimum absolute atomic E-state index is 0.0222. The molecule has 1 saturated heterocycles. The molecule has 19 heavy (non-hydrogen) atoms. The van der Waals surface area contributed by atoms with E-state index >= 15 is 0 Å². The number of nitrogens with zero attached hydrogens (tertiary/aromatic N) is 1. The van der Waals surface area contributed by atoms with Crippen LogP contribution in [-0.4, -0.2) is 59.8 Å². The Kier molecular flexibility index (Phi) is 5.75. The first kappa shape index (κ1) is 15.9. The molecule has 1 amide bonds. The van der Waals surface area contributed by atoms with E-state index in [1.807, 2.05) is 11.8 Å². The van der Waals surface area contributed by atoms with Crippen molar-refractivity contribution in [2.45, 2.75) is 45.3 Å². The number of ether oxygens (including phenoxy) is 1. The Morgan fingerprint density at radius 1 is 1.37 bits per heavy atom. The summed E-state index contributed by atoms with van der Waals surface area (Å²) in [7, 11) is 0. The number of carbonyl (C=O) groups excluding carboxylic acids is 1. The Hall–Kier alpha value is -1.14. The molecule has 0 saturated carbocycles. The van der Waals surface area contributed by atoms with Gasteiger partial charge in [0.05, 0.1) is 12.1 Å². The Balaban J connectivity index is 2.23. The fourth-order valence-electron chi connectivity index (χ4n) is 2.31. The first-order valence-corrected chi connectivity index (χ1v) is 6.76. The second-order valence-electron chi connectivity index (χ2n) is 5.36. The molecule has 0 aromatic rings. The molecule has 1 rings (SSSR count). The summed E-state index contributed by atoms with van der Waals surface area (Å²) in [6.45, 7) is 7.22. The Morgan fingerprint density at radius 3 is 2.42 bits per heavy atom. The van der Waals surface area contributed by atoms with E-state index in [0.717, 1.165) is 12.8 Å². The largest absolute Gasteiger partial charge is 0.480 e. The van der Waals surface area contributed by atoms with Crippen LogP contribution in [0.1, 0.15) is 33.6 Å². The maximum absolute atomic E-state index is 11.8.